The van der Waals surface area contributed by atoms with E-state index in [4.69, 9.17) is 17.3 Å². The number of halogens is 2. The molecule has 4 N–H and O–H groups in total. The molecule has 2 rings (SSSR count). The smallest absolute Gasteiger partial charge is 0.253 e. The minimum absolute atomic E-state index is 0. The zero-order chi connectivity index (χ0) is 19.2. The zero-order valence-electron chi connectivity index (χ0n) is 15.4. The first kappa shape index (κ1) is 23.0. The number of benzene rings is 2. The van der Waals surface area contributed by atoms with E-state index < -0.39 is 11.6 Å². The van der Waals surface area contributed by atoms with Crippen molar-refractivity contribution in [2.75, 3.05) is 6.54 Å². The second-order valence-electron chi connectivity index (χ2n) is 6.89. The van der Waals surface area contributed by atoms with Crippen molar-refractivity contribution < 1.29 is 9.59 Å². The van der Waals surface area contributed by atoms with Gasteiger partial charge in [-0.3, -0.25) is 9.59 Å². The second kappa shape index (κ2) is 10.3. The van der Waals surface area contributed by atoms with E-state index in [9.17, 15) is 9.59 Å². The van der Waals surface area contributed by atoms with E-state index in [0.29, 0.717) is 17.1 Å². The van der Waals surface area contributed by atoms with Crippen LogP contribution in [0.5, 0.6) is 0 Å². The van der Waals surface area contributed by atoms with E-state index in [0.717, 1.165) is 5.56 Å². The molecule has 2 aromatic rings. The van der Waals surface area contributed by atoms with Crippen LogP contribution < -0.4 is 16.4 Å². The molecule has 0 fully saturated rings. The molecule has 1 unspecified atom stereocenters. The van der Waals surface area contributed by atoms with Crippen molar-refractivity contribution in [3.63, 3.8) is 0 Å². The van der Waals surface area contributed by atoms with E-state index in [1.807, 2.05) is 44.2 Å². The summed E-state index contributed by atoms with van der Waals surface area (Å²) >= 11 is 6.10. The Morgan fingerprint density at radius 3 is 2.26 bits per heavy atom. The topological polar surface area (TPSA) is 84.2 Å². The third kappa shape index (κ3) is 7.59. The van der Waals surface area contributed by atoms with Gasteiger partial charge in [-0.05, 0) is 31.5 Å². The lowest BCUT2D eigenvalue weighted by molar-refractivity contribution is -0.121. The predicted molar refractivity (Wildman–Crippen MR) is 111 cm³/mol. The molecule has 0 aliphatic carbocycles. The molecule has 2 aromatic carbocycles. The van der Waals surface area contributed by atoms with E-state index in [2.05, 4.69) is 10.6 Å². The highest BCUT2D eigenvalue weighted by Gasteiger charge is 2.21. The van der Waals surface area contributed by atoms with Crippen LogP contribution in [-0.4, -0.2) is 23.9 Å². The normalized spacial score (nSPS) is 11.9. The molecule has 5 nitrogen and oxygen atoms in total. The first-order valence-electron chi connectivity index (χ1n) is 8.42. The molecule has 27 heavy (non-hydrogen) atoms. The lowest BCUT2D eigenvalue weighted by Crippen LogP contribution is -2.45. The molecule has 1 atom stereocenters. The Balaban J connectivity index is 0.00000364. The van der Waals surface area contributed by atoms with Gasteiger partial charge in [-0.15, -0.1) is 12.4 Å². The zero-order valence-corrected chi connectivity index (χ0v) is 16.9. The van der Waals surface area contributed by atoms with Gasteiger partial charge in [0.25, 0.3) is 5.91 Å². The molecule has 7 heteroatoms. The number of hydrogen-bond acceptors (Lipinski definition) is 3. The lowest BCUT2D eigenvalue weighted by atomic mass is 10.0. The van der Waals surface area contributed by atoms with Crippen LogP contribution in [0.25, 0.3) is 0 Å². The third-order valence-electron chi connectivity index (χ3n) is 3.76. The number of rotatable bonds is 7. The van der Waals surface area contributed by atoms with Gasteiger partial charge in [0.15, 0.2) is 0 Å². The maximum atomic E-state index is 12.6. The van der Waals surface area contributed by atoms with Crippen molar-refractivity contribution in [1.82, 2.24) is 10.6 Å². The molecule has 0 heterocycles. The van der Waals surface area contributed by atoms with Crippen LogP contribution in [0.2, 0.25) is 5.02 Å². The fraction of sp³-hybridized carbons (Fsp3) is 0.300. The van der Waals surface area contributed by atoms with E-state index in [1.165, 1.54) is 0 Å². The molecule has 0 aliphatic heterocycles. The molecule has 0 radical (unpaired) electrons. The van der Waals surface area contributed by atoms with Crippen LogP contribution >= 0.6 is 24.0 Å². The van der Waals surface area contributed by atoms with E-state index >= 15 is 0 Å². The number of carbonyl (C=O) groups excluding carboxylic acids is 2. The number of nitrogens with two attached hydrogens (primary N) is 1. The fourth-order valence-corrected chi connectivity index (χ4v) is 2.62. The highest BCUT2D eigenvalue weighted by atomic mass is 35.5. The summed E-state index contributed by atoms with van der Waals surface area (Å²) in [5.41, 5.74) is 6.62. The molecule has 0 bridgehead atoms. The Morgan fingerprint density at radius 1 is 1.07 bits per heavy atom. The Bertz CT molecular complexity index is 761. The molecule has 0 saturated carbocycles. The van der Waals surface area contributed by atoms with Crippen LogP contribution in [0.15, 0.2) is 54.6 Å². The molecule has 0 saturated heterocycles. The van der Waals surface area contributed by atoms with Gasteiger partial charge in [-0.25, -0.2) is 0 Å². The monoisotopic (exact) mass is 409 g/mol. The van der Waals surface area contributed by atoms with Crippen molar-refractivity contribution in [3.05, 3.63) is 70.7 Å². The van der Waals surface area contributed by atoms with Crippen molar-refractivity contribution in [1.29, 1.82) is 0 Å². The maximum Gasteiger partial charge on any atom is 0.253 e. The summed E-state index contributed by atoms with van der Waals surface area (Å²) in [6.45, 7) is 4.02. The summed E-state index contributed by atoms with van der Waals surface area (Å²) in [6.07, 6.45) is 0.107. The molecule has 0 aromatic heterocycles. The molecule has 0 aliphatic rings. The molecule has 2 amide bonds. The predicted octanol–water partition coefficient (Wildman–Crippen LogP) is 3.48. The third-order valence-corrected chi connectivity index (χ3v) is 4.09. The molecule has 146 valence electrons. The average Bonchev–Trinajstić information content (AvgIpc) is 2.60. The van der Waals surface area contributed by atoms with E-state index in [-0.39, 0.29) is 30.6 Å². The summed E-state index contributed by atoms with van der Waals surface area (Å²) in [5.74, 6) is -0.506. The van der Waals surface area contributed by atoms with Gasteiger partial charge in [-0.1, -0.05) is 54.1 Å². The Kier molecular flexibility index (Phi) is 8.76. The van der Waals surface area contributed by atoms with Crippen molar-refractivity contribution in [2.45, 2.75) is 31.8 Å². The number of carbonyl (C=O) groups is 2. The van der Waals surface area contributed by atoms with Crippen LogP contribution in [0, 0.1) is 0 Å². The second-order valence-corrected chi connectivity index (χ2v) is 7.29. The number of amides is 2. The van der Waals surface area contributed by atoms with Crippen LogP contribution in [-0.2, 0) is 4.79 Å². The standard InChI is InChI=1S/C20H24ClN3O2.ClH/c1-20(2,22)13-23-18(25)12-17(14-8-4-3-5-9-14)24-19(26)15-10-6-7-11-16(15)21;/h3-11,17H,12-13,22H2,1-2H3,(H,23,25)(H,24,26);1H. The number of hydrogen-bond donors (Lipinski definition) is 3. The maximum absolute atomic E-state index is 12.6. The minimum Gasteiger partial charge on any atom is -0.354 e. The Labute approximate surface area is 171 Å². The SMILES string of the molecule is CC(C)(N)CNC(=O)CC(NC(=O)c1ccccc1Cl)c1ccccc1.Cl. The van der Waals surface area contributed by atoms with Gasteiger partial charge in [0, 0.05) is 12.1 Å². The molecular formula is C20H25Cl2N3O2. The Morgan fingerprint density at radius 2 is 1.67 bits per heavy atom. The van der Waals surface area contributed by atoms with E-state index in [1.54, 1.807) is 24.3 Å². The summed E-state index contributed by atoms with van der Waals surface area (Å²) in [6, 6.07) is 15.7. The van der Waals surface area contributed by atoms with Crippen LogP contribution in [0.4, 0.5) is 0 Å². The van der Waals surface area contributed by atoms with Gasteiger partial charge in [0.05, 0.1) is 23.0 Å². The van der Waals surface area contributed by atoms with Gasteiger partial charge in [0.1, 0.15) is 0 Å². The summed E-state index contributed by atoms with van der Waals surface area (Å²) < 4.78 is 0. The van der Waals surface area contributed by atoms with Gasteiger partial charge in [0.2, 0.25) is 5.91 Å². The average molecular weight is 410 g/mol. The molecular weight excluding hydrogens is 385 g/mol. The minimum atomic E-state index is -0.501. The van der Waals surface area contributed by atoms with Gasteiger partial charge < -0.3 is 16.4 Å². The van der Waals surface area contributed by atoms with Gasteiger partial charge in [-0.2, -0.15) is 0 Å². The number of nitrogens with one attached hydrogen (secondary N) is 2. The first-order chi connectivity index (χ1) is 12.3. The Hall–Kier alpha value is -2.08. The summed E-state index contributed by atoms with van der Waals surface area (Å²) in [5, 5.41) is 6.08. The molecule has 0 spiro atoms. The van der Waals surface area contributed by atoms with Crippen molar-refractivity contribution >= 4 is 35.8 Å². The van der Waals surface area contributed by atoms with Gasteiger partial charge >= 0.3 is 0 Å². The lowest BCUT2D eigenvalue weighted by Gasteiger charge is -2.22. The first-order valence-corrected chi connectivity index (χ1v) is 8.80. The van der Waals surface area contributed by atoms with Crippen LogP contribution in [0.3, 0.4) is 0 Å². The highest BCUT2D eigenvalue weighted by Crippen LogP contribution is 2.20. The largest absolute Gasteiger partial charge is 0.354 e. The van der Waals surface area contributed by atoms with Crippen molar-refractivity contribution in [2.24, 2.45) is 5.73 Å². The quantitative estimate of drug-likeness (QED) is 0.654. The summed E-state index contributed by atoms with van der Waals surface area (Å²) in [4.78, 5) is 24.9. The fourth-order valence-electron chi connectivity index (χ4n) is 2.40. The van der Waals surface area contributed by atoms with Crippen molar-refractivity contribution in [3.8, 4) is 0 Å². The summed E-state index contributed by atoms with van der Waals surface area (Å²) in [7, 11) is 0. The van der Waals surface area contributed by atoms with Crippen LogP contribution in [0.1, 0.15) is 42.2 Å². The highest BCUT2D eigenvalue weighted by molar-refractivity contribution is 6.33.